The van der Waals surface area contributed by atoms with E-state index in [1.54, 1.807) is 12.1 Å². The van der Waals surface area contributed by atoms with Crippen molar-refractivity contribution < 1.29 is 14.6 Å². The van der Waals surface area contributed by atoms with E-state index >= 15 is 0 Å². The van der Waals surface area contributed by atoms with Crippen molar-refractivity contribution in [1.29, 1.82) is 0 Å². The van der Waals surface area contributed by atoms with E-state index in [0.29, 0.717) is 22.0 Å². The van der Waals surface area contributed by atoms with Gasteiger partial charge in [0.05, 0.1) is 0 Å². The minimum Gasteiger partial charge on any atom is -0.443 e. The van der Waals surface area contributed by atoms with Crippen LogP contribution in [-0.4, -0.2) is 17.3 Å². The Morgan fingerprint density at radius 2 is 2.16 bits per heavy atom. The van der Waals surface area contributed by atoms with Crippen LogP contribution in [-0.2, 0) is 4.74 Å². The highest BCUT2D eigenvalue weighted by Gasteiger charge is 2.25. The molecule has 0 bridgehead atoms. The van der Waals surface area contributed by atoms with Gasteiger partial charge in [0.1, 0.15) is 12.2 Å². The molecule has 0 aliphatic rings. The van der Waals surface area contributed by atoms with E-state index in [1.165, 1.54) is 6.07 Å². The van der Waals surface area contributed by atoms with Gasteiger partial charge in [-0.1, -0.05) is 42.6 Å². The smallest absolute Gasteiger partial charge is 0.404 e. The lowest BCUT2D eigenvalue weighted by molar-refractivity contribution is -0.000249. The summed E-state index contributed by atoms with van der Waals surface area (Å²) in [6.45, 7) is 2.00. The van der Waals surface area contributed by atoms with Gasteiger partial charge in [-0.05, 0) is 25.0 Å². The van der Waals surface area contributed by atoms with Gasteiger partial charge in [0.25, 0.3) is 0 Å². The Hall–Kier alpha value is -0.970. The number of aliphatic hydroxyl groups is 1. The summed E-state index contributed by atoms with van der Waals surface area (Å²) in [5.41, 5.74) is 5.48. The summed E-state index contributed by atoms with van der Waals surface area (Å²) in [6, 6.07) is 4.76. The Balaban J connectivity index is 2.90. The van der Waals surface area contributed by atoms with E-state index in [9.17, 15) is 9.90 Å². The van der Waals surface area contributed by atoms with E-state index in [4.69, 9.17) is 33.7 Å². The molecular weight excluding hydrogens is 289 g/mol. The van der Waals surface area contributed by atoms with Gasteiger partial charge in [0, 0.05) is 15.6 Å². The number of hydrogen-bond donors (Lipinski definition) is 2. The second-order valence-electron chi connectivity index (χ2n) is 4.23. The fourth-order valence-electron chi connectivity index (χ4n) is 1.78. The number of rotatable bonds is 6. The number of amides is 1. The third-order valence-corrected chi connectivity index (χ3v) is 3.31. The first-order valence-electron chi connectivity index (χ1n) is 6.04. The number of primary amides is 1. The molecule has 0 aromatic heterocycles. The van der Waals surface area contributed by atoms with Crippen LogP contribution in [0.4, 0.5) is 4.79 Å². The van der Waals surface area contributed by atoms with Crippen molar-refractivity contribution >= 4 is 29.3 Å². The van der Waals surface area contributed by atoms with Gasteiger partial charge in [-0.25, -0.2) is 4.79 Å². The summed E-state index contributed by atoms with van der Waals surface area (Å²) in [5, 5.41) is 11.1. The highest BCUT2D eigenvalue weighted by molar-refractivity contribution is 6.35. The second kappa shape index (κ2) is 7.58. The summed E-state index contributed by atoms with van der Waals surface area (Å²) in [4.78, 5) is 10.9. The van der Waals surface area contributed by atoms with Crippen LogP contribution in [0.5, 0.6) is 0 Å². The van der Waals surface area contributed by atoms with Crippen LogP contribution in [0.3, 0.4) is 0 Å². The molecule has 0 aliphatic heterocycles. The van der Waals surface area contributed by atoms with E-state index in [0.717, 1.165) is 12.8 Å². The number of benzene rings is 1. The van der Waals surface area contributed by atoms with Crippen molar-refractivity contribution in [2.24, 2.45) is 5.73 Å². The minimum atomic E-state index is -1.02. The highest BCUT2D eigenvalue weighted by atomic mass is 35.5. The number of ether oxygens (including phenoxy) is 1. The molecule has 0 spiro atoms. The predicted molar refractivity (Wildman–Crippen MR) is 75.4 cm³/mol. The summed E-state index contributed by atoms with van der Waals surface area (Å²) in [5.74, 6) is 0. The molecular formula is C13H17Cl2NO3. The van der Waals surface area contributed by atoms with Gasteiger partial charge in [-0.2, -0.15) is 0 Å². The lowest BCUT2D eigenvalue weighted by Crippen LogP contribution is -2.28. The molecule has 1 aromatic rings. The van der Waals surface area contributed by atoms with Crippen LogP contribution in [0.25, 0.3) is 0 Å². The van der Waals surface area contributed by atoms with Crippen LogP contribution in [0.1, 0.15) is 37.9 Å². The molecule has 0 fully saturated rings. The van der Waals surface area contributed by atoms with Gasteiger partial charge in [0.2, 0.25) is 0 Å². The molecule has 0 saturated heterocycles. The topological polar surface area (TPSA) is 72.5 Å². The molecule has 106 valence electrons. The minimum absolute atomic E-state index is 0.328. The molecule has 3 N–H and O–H groups in total. The Bertz CT molecular complexity index is 440. The summed E-state index contributed by atoms with van der Waals surface area (Å²) in [7, 11) is 0. The molecule has 0 unspecified atom stereocenters. The highest BCUT2D eigenvalue weighted by Crippen LogP contribution is 2.30. The second-order valence-corrected chi connectivity index (χ2v) is 5.07. The number of unbranched alkanes of at least 4 members (excludes halogenated alkanes) is 1. The van der Waals surface area contributed by atoms with Crippen LogP contribution in [0.15, 0.2) is 18.2 Å². The number of carbonyl (C=O) groups excluding carboxylic acids is 1. The zero-order valence-electron chi connectivity index (χ0n) is 10.6. The number of hydrogen-bond acceptors (Lipinski definition) is 3. The Morgan fingerprint density at radius 1 is 1.47 bits per heavy atom. The van der Waals surface area contributed by atoms with Gasteiger partial charge in [-0.15, -0.1) is 0 Å². The summed E-state index contributed by atoms with van der Waals surface area (Å²) < 4.78 is 4.95. The first-order valence-corrected chi connectivity index (χ1v) is 6.80. The van der Waals surface area contributed by atoms with Crippen LogP contribution in [0, 0.1) is 0 Å². The standard InChI is InChI=1S/C13H17Cl2NO3/c1-2-3-4-11(19-13(16)18)12(17)9-6-5-8(14)7-10(9)15/h5-7,11-12,17H,2-4H2,1H3,(H2,16,18)/t11-,12-/m0/s1. The van der Waals surface area contributed by atoms with E-state index < -0.39 is 18.3 Å². The van der Waals surface area contributed by atoms with E-state index in [2.05, 4.69) is 0 Å². The Labute approximate surface area is 122 Å². The zero-order valence-corrected chi connectivity index (χ0v) is 12.1. The van der Waals surface area contributed by atoms with Crippen LogP contribution < -0.4 is 5.73 Å². The molecule has 1 rings (SSSR count). The molecule has 0 saturated carbocycles. The summed E-state index contributed by atoms with van der Waals surface area (Å²) in [6.07, 6.45) is -0.412. The molecule has 1 aromatic carbocycles. The van der Waals surface area contributed by atoms with Crippen molar-refractivity contribution in [3.63, 3.8) is 0 Å². The molecule has 6 heteroatoms. The van der Waals surface area contributed by atoms with Crippen LogP contribution >= 0.6 is 23.2 Å². The molecule has 0 heterocycles. The van der Waals surface area contributed by atoms with Gasteiger partial charge >= 0.3 is 6.09 Å². The molecule has 0 radical (unpaired) electrons. The lowest BCUT2D eigenvalue weighted by Gasteiger charge is -2.23. The SMILES string of the molecule is CCCC[C@H](OC(N)=O)[C@@H](O)c1ccc(Cl)cc1Cl. The van der Waals surface area contributed by atoms with E-state index in [-0.39, 0.29) is 0 Å². The van der Waals surface area contributed by atoms with Crippen molar-refractivity contribution in [2.75, 3.05) is 0 Å². The fraction of sp³-hybridized carbons (Fsp3) is 0.462. The predicted octanol–water partition coefficient (Wildman–Crippen LogP) is 3.68. The van der Waals surface area contributed by atoms with Crippen LogP contribution in [0.2, 0.25) is 10.0 Å². The molecule has 1 amide bonds. The van der Waals surface area contributed by atoms with Gasteiger partial charge in [0.15, 0.2) is 0 Å². The quantitative estimate of drug-likeness (QED) is 0.842. The molecule has 4 nitrogen and oxygen atoms in total. The normalized spacial score (nSPS) is 13.9. The maximum Gasteiger partial charge on any atom is 0.404 e. The molecule has 0 aliphatic carbocycles. The monoisotopic (exact) mass is 305 g/mol. The molecule has 19 heavy (non-hydrogen) atoms. The first-order chi connectivity index (χ1) is 8.95. The number of carbonyl (C=O) groups is 1. The molecule has 2 atom stereocenters. The average molecular weight is 306 g/mol. The lowest BCUT2D eigenvalue weighted by atomic mass is 10.00. The first kappa shape index (κ1) is 16.1. The third-order valence-electron chi connectivity index (χ3n) is 2.74. The number of aliphatic hydroxyl groups excluding tert-OH is 1. The maximum absolute atomic E-state index is 10.9. The Morgan fingerprint density at radius 3 is 2.68 bits per heavy atom. The van der Waals surface area contributed by atoms with Crippen molar-refractivity contribution in [3.05, 3.63) is 33.8 Å². The Kier molecular flexibility index (Phi) is 6.42. The third kappa shape index (κ3) is 4.90. The number of nitrogens with two attached hydrogens (primary N) is 1. The fourth-order valence-corrected chi connectivity index (χ4v) is 2.30. The van der Waals surface area contributed by atoms with Crippen molar-refractivity contribution in [3.8, 4) is 0 Å². The number of halogens is 2. The summed E-state index contributed by atoms with van der Waals surface area (Å²) >= 11 is 11.8. The van der Waals surface area contributed by atoms with Crippen molar-refractivity contribution in [2.45, 2.75) is 38.4 Å². The van der Waals surface area contributed by atoms with E-state index in [1.807, 2.05) is 6.92 Å². The largest absolute Gasteiger partial charge is 0.443 e. The van der Waals surface area contributed by atoms with Crippen molar-refractivity contribution in [1.82, 2.24) is 0 Å². The average Bonchev–Trinajstić information content (AvgIpc) is 2.33. The maximum atomic E-state index is 10.9. The van der Waals surface area contributed by atoms with Gasteiger partial charge < -0.3 is 15.6 Å². The zero-order chi connectivity index (χ0) is 14.4. The van der Waals surface area contributed by atoms with Gasteiger partial charge in [-0.3, -0.25) is 0 Å².